The summed E-state index contributed by atoms with van der Waals surface area (Å²) in [5.74, 6) is 1.93. The molecule has 0 aliphatic heterocycles. The van der Waals surface area contributed by atoms with Gasteiger partial charge < -0.3 is 10.1 Å². The van der Waals surface area contributed by atoms with Crippen LogP contribution >= 0.6 is 11.6 Å². The van der Waals surface area contributed by atoms with Gasteiger partial charge in [-0.25, -0.2) is 0 Å². The van der Waals surface area contributed by atoms with Crippen LogP contribution < -0.4 is 10.1 Å². The van der Waals surface area contributed by atoms with E-state index in [1.165, 1.54) is 18.4 Å². The Hall–Kier alpha value is -1.74. The zero-order chi connectivity index (χ0) is 18.5. The SMILES string of the molecule is CCOc1ccc([C@H]2CC[C@@H](Nc3ccnc(C(C)C)c3Cl)CC2)cc1. The number of benzene rings is 1. The van der Waals surface area contributed by atoms with Crippen LogP contribution in [-0.2, 0) is 0 Å². The van der Waals surface area contributed by atoms with Crippen molar-refractivity contribution in [1.29, 1.82) is 0 Å². The molecule has 0 amide bonds. The van der Waals surface area contributed by atoms with Gasteiger partial charge in [0.15, 0.2) is 0 Å². The minimum atomic E-state index is 0.333. The number of nitrogens with one attached hydrogen (secondary N) is 1. The first-order valence-corrected chi connectivity index (χ1v) is 10.1. The molecule has 26 heavy (non-hydrogen) atoms. The van der Waals surface area contributed by atoms with Crippen LogP contribution in [0.5, 0.6) is 5.75 Å². The van der Waals surface area contributed by atoms with Gasteiger partial charge in [-0.2, -0.15) is 0 Å². The lowest BCUT2D eigenvalue weighted by Crippen LogP contribution is -2.25. The number of nitrogens with zero attached hydrogens (tertiary/aromatic N) is 1. The van der Waals surface area contributed by atoms with Gasteiger partial charge in [0.05, 0.1) is 23.0 Å². The Labute approximate surface area is 162 Å². The van der Waals surface area contributed by atoms with Crippen molar-refractivity contribution in [3.8, 4) is 5.75 Å². The molecule has 0 atom stereocenters. The van der Waals surface area contributed by atoms with E-state index >= 15 is 0 Å². The number of aromatic nitrogens is 1. The number of anilines is 1. The minimum Gasteiger partial charge on any atom is -0.494 e. The van der Waals surface area contributed by atoms with Crippen molar-refractivity contribution in [3.63, 3.8) is 0 Å². The van der Waals surface area contributed by atoms with Gasteiger partial charge in [0.25, 0.3) is 0 Å². The summed E-state index contributed by atoms with van der Waals surface area (Å²) in [4.78, 5) is 4.42. The van der Waals surface area contributed by atoms with Gasteiger partial charge in [-0.15, -0.1) is 0 Å². The monoisotopic (exact) mass is 372 g/mol. The lowest BCUT2D eigenvalue weighted by Gasteiger charge is -2.30. The second kappa shape index (κ2) is 8.77. The standard InChI is InChI=1S/C22H29ClN2O/c1-4-26-19-11-7-17(8-12-19)16-5-9-18(10-6-16)25-20-13-14-24-22(15(2)3)21(20)23/h7-8,11-16,18H,4-6,9-10H2,1-3H3,(H,24,25)/t16-,18+. The maximum Gasteiger partial charge on any atom is 0.119 e. The maximum absolute atomic E-state index is 6.55. The fourth-order valence-electron chi connectivity index (χ4n) is 3.77. The second-order valence-corrected chi connectivity index (χ2v) is 7.79. The Balaban J connectivity index is 1.58. The maximum atomic E-state index is 6.55. The highest BCUT2D eigenvalue weighted by Gasteiger charge is 2.23. The molecule has 0 saturated heterocycles. The first kappa shape index (κ1) is 19.0. The van der Waals surface area contributed by atoms with Crippen LogP contribution in [0.2, 0.25) is 5.02 Å². The number of ether oxygens (including phenoxy) is 1. The Morgan fingerprint density at radius 1 is 1.12 bits per heavy atom. The first-order valence-electron chi connectivity index (χ1n) is 9.72. The van der Waals surface area contributed by atoms with E-state index < -0.39 is 0 Å². The molecule has 1 saturated carbocycles. The average molecular weight is 373 g/mol. The predicted octanol–water partition coefficient (Wildman–Crippen LogP) is 6.40. The van der Waals surface area contributed by atoms with E-state index in [1.807, 2.05) is 19.2 Å². The molecule has 4 heteroatoms. The molecule has 140 valence electrons. The van der Waals surface area contributed by atoms with Crippen LogP contribution in [0, 0.1) is 0 Å². The molecule has 1 fully saturated rings. The highest BCUT2D eigenvalue weighted by atomic mass is 35.5. The highest BCUT2D eigenvalue weighted by molar-refractivity contribution is 6.33. The largest absolute Gasteiger partial charge is 0.494 e. The van der Waals surface area contributed by atoms with Gasteiger partial charge in [-0.3, -0.25) is 4.98 Å². The Morgan fingerprint density at radius 3 is 2.42 bits per heavy atom. The summed E-state index contributed by atoms with van der Waals surface area (Å²) in [6.45, 7) is 6.98. The van der Waals surface area contributed by atoms with Gasteiger partial charge in [0.2, 0.25) is 0 Å². The smallest absolute Gasteiger partial charge is 0.119 e. The molecule has 3 rings (SSSR count). The summed E-state index contributed by atoms with van der Waals surface area (Å²) in [6, 6.07) is 11.1. The van der Waals surface area contributed by atoms with Crippen LogP contribution in [0.4, 0.5) is 5.69 Å². The van der Waals surface area contributed by atoms with Gasteiger partial charge in [-0.05, 0) is 68.2 Å². The number of rotatable bonds is 6. The fraction of sp³-hybridized carbons (Fsp3) is 0.500. The van der Waals surface area contributed by atoms with Crippen molar-refractivity contribution in [2.75, 3.05) is 11.9 Å². The molecular weight excluding hydrogens is 344 g/mol. The minimum absolute atomic E-state index is 0.333. The molecule has 0 spiro atoms. The quantitative estimate of drug-likeness (QED) is 0.637. The number of pyridine rings is 1. The summed E-state index contributed by atoms with van der Waals surface area (Å²) < 4.78 is 5.54. The Bertz CT molecular complexity index is 707. The van der Waals surface area contributed by atoms with Crippen molar-refractivity contribution in [2.24, 2.45) is 0 Å². The van der Waals surface area contributed by atoms with Crippen LogP contribution in [0.1, 0.15) is 69.5 Å². The van der Waals surface area contributed by atoms with Crippen LogP contribution in [0.25, 0.3) is 0 Å². The number of halogens is 1. The molecule has 3 nitrogen and oxygen atoms in total. The molecule has 2 aromatic rings. The highest BCUT2D eigenvalue weighted by Crippen LogP contribution is 2.36. The van der Waals surface area contributed by atoms with Crippen LogP contribution in [-0.4, -0.2) is 17.6 Å². The molecule has 1 aliphatic carbocycles. The summed E-state index contributed by atoms with van der Waals surface area (Å²) in [5.41, 5.74) is 3.42. The van der Waals surface area contributed by atoms with Gasteiger partial charge in [-0.1, -0.05) is 37.6 Å². The van der Waals surface area contributed by atoms with E-state index in [0.717, 1.165) is 35.0 Å². The van der Waals surface area contributed by atoms with Crippen molar-refractivity contribution in [1.82, 2.24) is 4.98 Å². The van der Waals surface area contributed by atoms with Crippen molar-refractivity contribution < 1.29 is 4.74 Å². The van der Waals surface area contributed by atoms with Crippen molar-refractivity contribution >= 4 is 17.3 Å². The Morgan fingerprint density at radius 2 is 1.81 bits per heavy atom. The predicted molar refractivity (Wildman–Crippen MR) is 110 cm³/mol. The van der Waals surface area contributed by atoms with Gasteiger partial charge >= 0.3 is 0 Å². The number of hydrogen-bond donors (Lipinski definition) is 1. The molecule has 0 unspecified atom stereocenters. The van der Waals surface area contributed by atoms with Gasteiger partial charge in [0, 0.05) is 12.2 Å². The fourth-order valence-corrected chi connectivity index (χ4v) is 4.15. The number of hydrogen-bond acceptors (Lipinski definition) is 3. The summed E-state index contributed by atoms with van der Waals surface area (Å²) in [6.07, 6.45) is 6.58. The topological polar surface area (TPSA) is 34.1 Å². The van der Waals surface area contributed by atoms with Crippen LogP contribution in [0.15, 0.2) is 36.5 Å². The summed E-state index contributed by atoms with van der Waals surface area (Å²) in [7, 11) is 0. The third-order valence-corrected chi connectivity index (χ3v) is 5.61. The molecule has 1 aliphatic rings. The third kappa shape index (κ3) is 4.50. The van der Waals surface area contributed by atoms with Crippen LogP contribution in [0.3, 0.4) is 0 Å². The lowest BCUT2D eigenvalue weighted by atomic mass is 9.81. The normalized spacial score (nSPS) is 20.2. The summed E-state index contributed by atoms with van der Waals surface area (Å²) in [5, 5.41) is 4.42. The Kier molecular flexibility index (Phi) is 6.42. The second-order valence-electron chi connectivity index (χ2n) is 7.41. The molecule has 1 aromatic heterocycles. The van der Waals surface area contributed by atoms with E-state index in [1.54, 1.807) is 0 Å². The zero-order valence-corrected chi connectivity index (χ0v) is 16.7. The molecular formula is C22H29ClN2O. The first-order chi connectivity index (χ1) is 12.6. The van der Waals surface area contributed by atoms with E-state index in [4.69, 9.17) is 16.3 Å². The summed E-state index contributed by atoms with van der Waals surface area (Å²) >= 11 is 6.55. The molecule has 0 bridgehead atoms. The average Bonchev–Trinajstić information content (AvgIpc) is 2.65. The molecule has 1 N–H and O–H groups in total. The molecule has 1 aromatic carbocycles. The van der Waals surface area contributed by atoms with Crippen molar-refractivity contribution in [2.45, 2.75) is 64.3 Å². The van der Waals surface area contributed by atoms with E-state index in [-0.39, 0.29) is 0 Å². The van der Waals surface area contributed by atoms with E-state index in [9.17, 15) is 0 Å². The lowest BCUT2D eigenvalue weighted by molar-refractivity contribution is 0.340. The third-order valence-electron chi connectivity index (χ3n) is 5.21. The molecule has 1 heterocycles. The molecule has 0 radical (unpaired) electrons. The van der Waals surface area contributed by atoms with E-state index in [2.05, 4.69) is 48.4 Å². The van der Waals surface area contributed by atoms with E-state index in [0.29, 0.717) is 24.5 Å². The zero-order valence-electron chi connectivity index (χ0n) is 16.0. The van der Waals surface area contributed by atoms with Gasteiger partial charge in [0.1, 0.15) is 5.75 Å². The van der Waals surface area contributed by atoms with Crippen molar-refractivity contribution in [3.05, 3.63) is 52.8 Å².